The molecule has 3 N–H and O–H groups in total. The van der Waals surface area contributed by atoms with E-state index >= 15 is 0 Å². The zero-order valence-corrected chi connectivity index (χ0v) is 14.0. The third-order valence-electron chi connectivity index (χ3n) is 2.87. The van der Waals surface area contributed by atoms with Gasteiger partial charge in [-0.05, 0) is 36.4 Å². The molecular weight excluding hydrogens is 354 g/mol. The van der Waals surface area contributed by atoms with E-state index in [4.69, 9.17) is 17.3 Å². The first-order valence-corrected chi connectivity index (χ1v) is 7.38. The van der Waals surface area contributed by atoms with E-state index in [1.54, 1.807) is 18.2 Å². The lowest BCUT2D eigenvalue weighted by molar-refractivity contribution is 0.102. The van der Waals surface area contributed by atoms with Crippen molar-refractivity contribution in [2.24, 2.45) is 0 Å². The summed E-state index contributed by atoms with van der Waals surface area (Å²) in [5.74, 6) is -0.259. The maximum atomic E-state index is 12.3. The standard InChI is InChI=1S/C15H15BrClN3O/c1-20(2)14-4-3-10(16)7-13(14)19-15(21)9-5-11(17)8-12(18)6-9/h3-8H,18H2,1-2H3,(H,19,21). The number of anilines is 3. The fourth-order valence-corrected chi connectivity index (χ4v) is 2.54. The fraction of sp³-hybridized carbons (Fsp3) is 0.133. The summed E-state index contributed by atoms with van der Waals surface area (Å²) in [6, 6.07) is 10.5. The summed E-state index contributed by atoms with van der Waals surface area (Å²) >= 11 is 9.33. The Hall–Kier alpha value is -1.72. The van der Waals surface area contributed by atoms with Crippen LogP contribution in [0.2, 0.25) is 5.02 Å². The second-order valence-corrected chi connectivity index (χ2v) is 6.14. The van der Waals surface area contributed by atoms with Gasteiger partial charge in [-0.15, -0.1) is 0 Å². The third kappa shape index (κ3) is 3.89. The quantitative estimate of drug-likeness (QED) is 0.805. The molecule has 0 heterocycles. The van der Waals surface area contributed by atoms with Crippen molar-refractivity contribution in [1.29, 1.82) is 0 Å². The van der Waals surface area contributed by atoms with Gasteiger partial charge in [0.2, 0.25) is 0 Å². The van der Waals surface area contributed by atoms with Crippen molar-refractivity contribution in [1.82, 2.24) is 0 Å². The molecule has 110 valence electrons. The molecule has 2 aromatic carbocycles. The van der Waals surface area contributed by atoms with E-state index in [9.17, 15) is 4.79 Å². The number of carbonyl (C=O) groups excluding carboxylic acids is 1. The number of nitrogens with zero attached hydrogens (tertiary/aromatic N) is 1. The van der Waals surface area contributed by atoms with Crippen LogP contribution in [0.5, 0.6) is 0 Å². The highest BCUT2D eigenvalue weighted by Gasteiger charge is 2.12. The van der Waals surface area contributed by atoms with Crippen molar-refractivity contribution in [2.75, 3.05) is 30.0 Å². The van der Waals surface area contributed by atoms with Gasteiger partial charge in [0.15, 0.2) is 0 Å². The number of rotatable bonds is 3. The predicted octanol–water partition coefficient (Wildman–Crippen LogP) is 4.00. The Balaban J connectivity index is 2.33. The third-order valence-corrected chi connectivity index (χ3v) is 3.58. The van der Waals surface area contributed by atoms with Crippen LogP contribution in [-0.2, 0) is 0 Å². The number of hydrogen-bond acceptors (Lipinski definition) is 3. The summed E-state index contributed by atoms with van der Waals surface area (Å²) in [5.41, 5.74) is 8.20. The molecule has 0 spiro atoms. The molecule has 2 rings (SSSR count). The summed E-state index contributed by atoms with van der Waals surface area (Å²) in [7, 11) is 3.83. The Morgan fingerprint density at radius 2 is 1.95 bits per heavy atom. The molecule has 0 fully saturated rings. The highest BCUT2D eigenvalue weighted by molar-refractivity contribution is 9.10. The van der Waals surface area contributed by atoms with Gasteiger partial charge in [0, 0.05) is 34.8 Å². The van der Waals surface area contributed by atoms with E-state index in [0.29, 0.717) is 22.0 Å². The maximum Gasteiger partial charge on any atom is 0.255 e. The molecular formula is C15H15BrClN3O. The van der Waals surface area contributed by atoms with E-state index in [-0.39, 0.29) is 5.91 Å². The Labute approximate surface area is 137 Å². The van der Waals surface area contributed by atoms with E-state index in [1.165, 1.54) is 0 Å². The molecule has 0 saturated heterocycles. The Bertz CT molecular complexity index is 668. The minimum atomic E-state index is -0.259. The number of nitrogens with one attached hydrogen (secondary N) is 1. The molecule has 0 unspecified atom stereocenters. The number of benzene rings is 2. The van der Waals surface area contributed by atoms with Gasteiger partial charge in [-0.1, -0.05) is 27.5 Å². The average molecular weight is 369 g/mol. The maximum absolute atomic E-state index is 12.3. The van der Waals surface area contributed by atoms with Crippen LogP contribution in [0.25, 0.3) is 0 Å². The van der Waals surface area contributed by atoms with E-state index in [1.807, 2.05) is 37.2 Å². The largest absolute Gasteiger partial charge is 0.399 e. The lowest BCUT2D eigenvalue weighted by Crippen LogP contribution is -2.17. The number of amides is 1. The number of halogens is 2. The summed E-state index contributed by atoms with van der Waals surface area (Å²) < 4.78 is 0.883. The van der Waals surface area contributed by atoms with Crippen molar-refractivity contribution >= 4 is 50.5 Å². The Morgan fingerprint density at radius 3 is 2.57 bits per heavy atom. The van der Waals surface area contributed by atoms with Gasteiger partial charge in [-0.3, -0.25) is 4.79 Å². The molecule has 0 aliphatic carbocycles. The second kappa shape index (κ2) is 6.37. The number of hydrogen-bond donors (Lipinski definition) is 2. The SMILES string of the molecule is CN(C)c1ccc(Br)cc1NC(=O)c1cc(N)cc(Cl)c1. The molecule has 0 aromatic heterocycles. The molecule has 4 nitrogen and oxygen atoms in total. The zero-order valence-electron chi connectivity index (χ0n) is 11.7. The summed E-state index contributed by atoms with van der Waals surface area (Å²) in [5, 5.41) is 3.31. The van der Waals surface area contributed by atoms with Crippen LogP contribution in [0.1, 0.15) is 10.4 Å². The van der Waals surface area contributed by atoms with Gasteiger partial charge < -0.3 is 16.0 Å². The van der Waals surface area contributed by atoms with Crippen molar-refractivity contribution in [3.8, 4) is 0 Å². The first-order chi connectivity index (χ1) is 9.86. The molecule has 6 heteroatoms. The van der Waals surface area contributed by atoms with Crippen LogP contribution in [-0.4, -0.2) is 20.0 Å². The molecule has 21 heavy (non-hydrogen) atoms. The first-order valence-electron chi connectivity index (χ1n) is 6.21. The van der Waals surface area contributed by atoms with Crippen molar-refractivity contribution < 1.29 is 4.79 Å². The minimum absolute atomic E-state index is 0.259. The molecule has 0 bridgehead atoms. The average Bonchev–Trinajstić information content (AvgIpc) is 2.37. The van der Waals surface area contributed by atoms with Crippen LogP contribution < -0.4 is 16.0 Å². The van der Waals surface area contributed by atoms with Gasteiger partial charge in [0.25, 0.3) is 5.91 Å². The van der Waals surface area contributed by atoms with Crippen molar-refractivity contribution in [3.05, 3.63) is 51.5 Å². The van der Waals surface area contributed by atoms with E-state index in [0.717, 1.165) is 10.2 Å². The van der Waals surface area contributed by atoms with Crippen LogP contribution in [0.3, 0.4) is 0 Å². The highest BCUT2D eigenvalue weighted by atomic mass is 79.9. The second-order valence-electron chi connectivity index (χ2n) is 4.78. The zero-order chi connectivity index (χ0) is 15.6. The molecule has 2 aromatic rings. The van der Waals surface area contributed by atoms with E-state index in [2.05, 4.69) is 21.2 Å². The van der Waals surface area contributed by atoms with Gasteiger partial charge in [-0.25, -0.2) is 0 Å². The monoisotopic (exact) mass is 367 g/mol. The van der Waals surface area contributed by atoms with Gasteiger partial charge in [0.05, 0.1) is 11.4 Å². The number of nitrogens with two attached hydrogens (primary N) is 1. The van der Waals surface area contributed by atoms with Gasteiger partial charge in [0.1, 0.15) is 0 Å². The molecule has 0 radical (unpaired) electrons. The predicted molar refractivity (Wildman–Crippen MR) is 92.3 cm³/mol. The summed E-state index contributed by atoms with van der Waals surface area (Å²) in [6.45, 7) is 0. The molecule has 1 amide bonds. The minimum Gasteiger partial charge on any atom is -0.399 e. The fourth-order valence-electron chi connectivity index (χ4n) is 1.94. The van der Waals surface area contributed by atoms with Gasteiger partial charge in [-0.2, -0.15) is 0 Å². The first kappa shape index (κ1) is 15.7. The highest BCUT2D eigenvalue weighted by Crippen LogP contribution is 2.28. The normalized spacial score (nSPS) is 10.3. The molecule has 0 aliphatic heterocycles. The number of carbonyl (C=O) groups is 1. The molecule has 0 aliphatic rings. The molecule has 0 saturated carbocycles. The lowest BCUT2D eigenvalue weighted by atomic mass is 10.1. The van der Waals surface area contributed by atoms with E-state index < -0.39 is 0 Å². The van der Waals surface area contributed by atoms with Crippen LogP contribution in [0.15, 0.2) is 40.9 Å². The van der Waals surface area contributed by atoms with Crippen molar-refractivity contribution in [3.63, 3.8) is 0 Å². The smallest absolute Gasteiger partial charge is 0.255 e. The van der Waals surface area contributed by atoms with Crippen LogP contribution >= 0.6 is 27.5 Å². The Kier molecular flexibility index (Phi) is 4.75. The van der Waals surface area contributed by atoms with Crippen LogP contribution in [0.4, 0.5) is 17.1 Å². The molecule has 0 atom stereocenters. The summed E-state index contributed by atoms with van der Waals surface area (Å²) in [6.07, 6.45) is 0. The lowest BCUT2D eigenvalue weighted by Gasteiger charge is -2.18. The van der Waals surface area contributed by atoms with Crippen LogP contribution in [0, 0.1) is 0 Å². The van der Waals surface area contributed by atoms with Gasteiger partial charge >= 0.3 is 0 Å². The topological polar surface area (TPSA) is 58.4 Å². The Morgan fingerprint density at radius 1 is 1.24 bits per heavy atom. The number of nitrogen functional groups attached to an aromatic ring is 1. The summed E-state index contributed by atoms with van der Waals surface area (Å²) in [4.78, 5) is 14.3. The van der Waals surface area contributed by atoms with Crippen molar-refractivity contribution in [2.45, 2.75) is 0 Å².